The molecule has 4 atom stereocenters. The van der Waals surface area contributed by atoms with Gasteiger partial charge in [-0.3, -0.25) is 0 Å². The molecule has 51 heavy (non-hydrogen) atoms. The number of nitrogens with one attached hydrogen (secondary N) is 1. The Labute approximate surface area is 311 Å². The van der Waals surface area contributed by atoms with Crippen LogP contribution >= 0.6 is 34.8 Å². The average Bonchev–Trinajstić information content (AvgIpc) is 3.50. The van der Waals surface area contributed by atoms with Crippen LogP contribution in [0.1, 0.15) is 54.4 Å². The van der Waals surface area contributed by atoms with Crippen molar-refractivity contribution in [3.05, 3.63) is 52.6 Å². The van der Waals surface area contributed by atoms with Gasteiger partial charge < -0.3 is 29.5 Å². The number of likely N-dealkylation sites (tertiary alicyclic amines) is 2. The molecule has 0 aliphatic carbocycles. The number of carbonyl (C=O) groups is 2. The molecule has 8 heterocycles. The van der Waals surface area contributed by atoms with E-state index in [1.807, 2.05) is 51.3 Å². The molecular formula is C34H41Cl3N10O4. The van der Waals surface area contributed by atoms with Crippen LogP contribution in [0.3, 0.4) is 0 Å². The molecule has 0 bridgehead atoms. The predicted octanol–water partition coefficient (Wildman–Crippen LogP) is 6.18. The first kappa shape index (κ1) is 36.9. The number of anilines is 1. The van der Waals surface area contributed by atoms with Crippen molar-refractivity contribution >= 4 is 74.6 Å². The first-order valence-electron chi connectivity index (χ1n) is 16.8. The summed E-state index contributed by atoms with van der Waals surface area (Å²) >= 11 is 17.4. The van der Waals surface area contributed by atoms with Crippen molar-refractivity contribution in [3.63, 3.8) is 0 Å². The van der Waals surface area contributed by atoms with Crippen LogP contribution in [-0.4, -0.2) is 113 Å². The number of fused-ring (bicyclic) bond motifs is 4. The van der Waals surface area contributed by atoms with Gasteiger partial charge in [-0.1, -0.05) is 34.8 Å². The largest absolute Gasteiger partial charge is 0.444 e. The Morgan fingerprint density at radius 1 is 0.725 bits per heavy atom. The van der Waals surface area contributed by atoms with E-state index in [0.717, 1.165) is 49.2 Å². The summed E-state index contributed by atoms with van der Waals surface area (Å²) in [6, 6.07) is 4.69. The van der Waals surface area contributed by atoms with Crippen LogP contribution < -0.4 is 10.2 Å². The van der Waals surface area contributed by atoms with E-state index >= 15 is 0 Å². The summed E-state index contributed by atoms with van der Waals surface area (Å²) in [7, 11) is 0. The molecule has 17 heteroatoms. The third-order valence-electron chi connectivity index (χ3n) is 8.86. The number of nitrogens with zero attached hydrogens (tertiary/aromatic N) is 9. The summed E-state index contributed by atoms with van der Waals surface area (Å²) in [6.45, 7) is 14.5. The fraction of sp³-hybridized carbons (Fsp3) is 0.529. The Bertz CT molecular complexity index is 1920. The van der Waals surface area contributed by atoms with Gasteiger partial charge in [0.1, 0.15) is 45.1 Å². The summed E-state index contributed by atoms with van der Waals surface area (Å²) in [6.07, 6.45) is 7.76. The smallest absolute Gasteiger partial charge is 0.410 e. The summed E-state index contributed by atoms with van der Waals surface area (Å²) in [4.78, 5) is 54.5. The lowest BCUT2D eigenvalue weighted by atomic mass is 9.97. The highest BCUT2D eigenvalue weighted by Crippen LogP contribution is 2.38. The van der Waals surface area contributed by atoms with Gasteiger partial charge in [-0.25, -0.2) is 39.5 Å². The quantitative estimate of drug-likeness (QED) is 0.174. The minimum atomic E-state index is -0.480. The number of hydrogen-bond acceptors (Lipinski definition) is 12. The van der Waals surface area contributed by atoms with Gasteiger partial charge in [0.15, 0.2) is 0 Å². The van der Waals surface area contributed by atoms with Gasteiger partial charge in [0, 0.05) is 56.7 Å². The Hall–Kier alpha value is -3.85. The first-order valence-corrected chi connectivity index (χ1v) is 17.9. The maximum Gasteiger partial charge on any atom is 0.410 e. The number of pyridine rings is 2. The molecule has 0 unspecified atom stereocenters. The molecule has 8 rings (SSSR count). The maximum absolute atomic E-state index is 12.4. The number of ether oxygens (including phenoxy) is 2. The van der Waals surface area contributed by atoms with Crippen molar-refractivity contribution in [2.24, 2.45) is 0 Å². The van der Waals surface area contributed by atoms with Gasteiger partial charge in [-0.05, 0) is 54.4 Å². The van der Waals surface area contributed by atoms with E-state index in [9.17, 15) is 9.59 Å². The molecule has 1 N–H and O–H groups in total. The molecule has 0 saturated carbocycles. The highest BCUT2D eigenvalue weighted by atomic mass is 35.5. The van der Waals surface area contributed by atoms with Crippen LogP contribution in [0.4, 0.5) is 15.4 Å². The molecule has 2 amide bonds. The lowest BCUT2D eigenvalue weighted by Gasteiger charge is -2.47. The van der Waals surface area contributed by atoms with Crippen LogP contribution in [-0.2, 0) is 9.47 Å². The highest BCUT2D eigenvalue weighted by Gasteiger charge is 2.50. The Morgan fingerprint density at radius 2 is 1.27 bits per heavy atom. The number of hydrogen-bond donors (Lipinski definition) is 1. The second-order valence-electron chi connectivity index (χ2n) is 14.7. The van der Waals surface area contributed by atoms with E-state index in [0.29, 0.717) is 45.0 Å². The molecular weight excluding hydrogens is 719 g/mol. The lowest BCUT2D eigenvalue weighted by Crippen LogP contribution is -2.63. The monoisotopic (exact) mass is 758 g/mol. The zero-order chi connectivity index (χ0) is 36.7. The zero-order valence-corrected chi connectivity index (χ0v) is 31.6. The number of aromatic nitrogens is 6. The molecule has 4 aromatic rings. The van der Waals surface area contributed by atoms with Crippen LogP contribution in [0.2, 0.25) is 15.5 Å². The van der Waals surface area contributed by atoms with Crippen LogP contribution in [0.15, 0.2) is 37.2 Å². The fourth-order valence-corrected chi connectivity index (χ4v) is 6.95. The topological polar surface area (TPSA) is 152 Å². The van der Waals surface area contributed by atoms with E-state index in [1.165, 1.54) is 6.33 Å². The van der Waals surface area contributed by atoms with Crippen molar-refractivity contribution in [1.82, 2.24) is 45.0 Å². The van der Waals surface area contributed by atoms with Gasteiger partial charge in [0.2, 0.25) is 0 Å². The molecule has 14 nitrogen and oxygen atoms in total. The van der Waals surface area contributed by atoms with E-state index in [1.54, 1.807) is 30.9 Å². The minimum absolute atomic E-state index is 0.161. The van der Waals surface area contributed by atoms with Gasteiger partial charge in [0.05, 0.1) is 39.9 Å². The normalized spacial score (nSPS) is 22.1. The summed E-state index contributed by atoms with van der Waals surface area (Å²) in [5.74, 6) is 0.849. The molecule has 0 aromatic carbocycles. The molecule has 4 saturated heterocycles. The van der Waals surface area contributed by atoms with Gasteiger partial charge in [0.25, 0.3) is 0 Å². The van der Waals surface area contributed by atoms with Crippen molar-refractivity contribution in [2.45, 2.75) is 89.8 Å². The molecule has 4 fully saturated rings. The molecule has 4 aliphatic rings. The summed E-state index contributed by atoms with van der Waals surface area (Å²) in [5.41, 5.74) is 0.615. The first-order chi connectivity index (χ1) is 24.1. The summed E-state index contributed by atoms with van der Waals surface area (Å²) < 4.78 is 10.9. The van der Waals surface area contributed by atoms with E-state index in [2.05, 4.69) is 40.1 Å². The predicted molar refractivity (Wildman–Crippen MR) is 195 cm³/mol. The third-order valence-corrected chi connectivity index (χ3v) is 9.58. The van der Waals surface area contributed by atoms with Crippen molar-refractivity contribution in [2.75, 3.05) is 31.1 Å². The molecule has 0 radical (unpaired) electrons. The molecule has 272 valence electrons. The number of rotatable bonds is 1. The molecule has 4 aliphatic heterocycles. The van der Waals surface area contributed by atoms with Crippen LogP contribution in [0, 0.1) is 0 Å². The SMILES string of the molecule is CC(C)(C)OC(=O)N1CC[C@@H]2[C@H]1CN2c1ncnc2cc(Cl)ncc12.CC(C)(C)OC(=O)N1CC[C@H]2NC[C@H]21.Clc1cc2ncnc(Cl)c2cn1. The Balaban J connectivity index is 0.000000145. The van der Waals surface area contributed by atoms with Gasteiger partial charge in [-0.2, -0.15) is 0 Å². The van der Waals surface area contributed by atoms with Gasteiger partial charge >= 0.3 is 12.2 Å². The van der Waals surface area contributed by atoms with E-state index in [-0.39, 0.29) is 29.9 Å². The van der Waals surface area contributed by atoms with Crippen molar-refractivity contribution in [1.29, 1.82) is 0 Å². The van der Waals surface area contributed by atoms with E-state index in [4.69, 9.17) is 44.3 Å². The maximum atomic E-state index is 12.4. The minimum Gasteiger partial charge on any atom is -0.444 e. The lowest BCUT2D eigenvalue weighted by molar-refractivity contribution is 0.0167. The highest BCUT2D eigenvalue weighted by molar-refractivity contribution is 6.34. The second-order valence-corrected chi connectivity index (χ2v) is 15.8. The van der Waals surface area contributed by atoms with E-state index < -0.39 is 5.60 Å². The Kier molecular flexibility index (Phi) is 10.6. The fourth-order valence-electron chi connectivity index (χ4n) is 6.45. The average molecular weight is 760 g/mol. The number of halogens is 3. The zero-order valence-electron chi connectivity index (χ0n) is 29.3. The van der Waals surface area contributed by atoms with Gasteiger partial charge in [-0.15, -0.1) is 0 Å². The molecule has 4 aromatic heterocycles. The van der Waals surface area contributed by atoms with Crippen LogP contribution in [0.5, 0.6) is 0 Å². The third kappa shape index (κ3) is 8.45. The number of carbonyl (C=O) groups excluding carboxylic acids is 2. The molecule has 0 spiro atoms. The second kappa shape index (κ2) is 14.6. The Morgan fingerprint density at radius 3 is 1.84 bits per heavy atom. The van der Waals surface area contributed by atoms with Crippen LogP contribution in [0.25, 0.3) is 21.8 Å². The summed E-state index contributed by atoms with van der Waals surface area (Å²) in [5, 5.41) is 6.10. The van der Waals surface area contributed by atoms with Crippen molar-refractivity contribution in [3.8, 4) is 0 Å². The van der Waals surface area contributed by atoms with Crippen molar-refractivity contribution < 1.29 is 19.1 Å². The number of amides is 2. The standard InChI is InChI=1S/C17H20ClN5O2.C10H18N2O2.C7H3Cl2N3/c1-17(2,3)25-16(24)22-5-4-12-13(22)8-23(12)15-10-7-19-14(18)6-11(10)20-9-21-15;1-10(2,3)14-9(13)12-5-4-7-8(12)6-11-7;8-6-1-5-4(2-10-6)7(9)12-3-11-5/h6-7,9,12-13H,4-5,8H2,1-3H3;7-8,11H,4-6H2,1-3H3;1-3H/t12-,13-;7-,8-;/m11./s1.